The molecule has 0 saturated carbocycles. The van der Waals surface area contributed by atoms with Crippen LogP contribution in [0.15, 0.2) is 24.4 Å². The van der Waals surface area contributed by atoms with Crippen LogP contribution in [0.5, 0.6) is 0 Å². The molecule has 0 aliphatic rings. The van der Waals surface area contributed by atoms with Crippen molar-refractivity contribution in [2.75, 3.05) is 13.1 Å². The average Bonchev–Trinajstić information content (AvgIpc) is 2.81. The van der Waals surface area contributed by atoms with Crippen molar-refractivity contribution in [3.63, 3.8) is 0 Å². The maximum absolute atomic E-state index is 10.9. The van der Waals surface area contributed by atoms with Gasteiger partial charge in [0.2, 0.25) is 0 Å². The van der Waals surface area contributed by atoms with Crippen molar-refractivity contribution in [3.05, 3.63) is 35.5 Å². The van der Waals surface area contributed by atoms with E-state index in [0.717, 1.165) is 22.9 Å². The zero-order chi connectivity index (χ0) is 14.5. The molecule has 2 N–H and O–H groups in total. The lowest BCUT2D eigenvalue weighted by atomic mass is 10.1. The van der Waals surface area contributed by atoms with Gasteiger partial charge in [0.25, 0.3) is 0 Å². The van der Waals surface area contributed by atoms with Gasteiger partial charge in [-0.05, 0) is 17.5 Å². The summed E-state index contributed by atoms with van der Waals surface area (Å²) in [6.45, 7) is 2.92. The second-order valence-electron chi connectivity index (χ2n) is 4.75. The fraction of sp³-hybridized carbons (Fsp3) is 0.312. The molecule has 0 aliphatic carbocycles. The molecule has 1 aromatic carbocycles. The van der Waals surface area contributed by atoms with Gasteiger partial charge in [0.05, 0.1) is 13.1 Å². The largest absolute Gasteiger partial charge is 0.480 e. The van der Waals surface area contributed by atoms with Crippen LogP contribution in [-0.4, -0.2) is 34.0 Å². The Kier molecular flexibility index (Phi) is 4.44. The standard InChI is InChI=1S/C16H18N2O2/c1-3-8-18(11-15(19)20)10-13-9-17-16-12(4-2)6-5-7-14(13)16/h1,5-7,9,17H,4,8,10-11H2,2H3,(H,19,20). The van der Waals surface area contributed by atoms with E-state index < -0.39 is 5.97 Å². The van der Waals surface area contributed by atoms with Crippen LogP contribution < -0.4 is 0 Å². The molecular weight excluding hydrogens is 252 g/mol. The lowest BCUT2D eigenvalue weighted by Gasteiger charge is -2.16. The summed E-state index contributed by atoms with van der Waals surface area (Å²) in [5, 5.41) is 10.1. The fourth-order valence-corrected chi connectivity index (χ4v) is 2.43. The monoisotopic (exact) mass is 270 g/mol. The number of carbonyl (C=O) groups is 1. The Morgan fingerprint density at radius 2 is 2.25 bits per heavy atom. The molecule has 0 bridgehead atoms. The Morgan fingerprint density at radius 3 is 2.90 bits per heavy atom. The van der Waals surface area contributed by atoms with Gasteiger partial charge in [0, 0.05) is 23.6 Å². The zero-order valence-electron chi connectivity index (χ0n) is 11.5. The number of aryl methyl sites for hydroxylation is 1. The molecule has 0 spiro atoms. The molecule has 4 nitrogen and oxygen atoms in total. The zero-order valence-corrected chi connectivity index (χ0v) is 11.5. The van der Waals surface area contributed by atoms with E-state index >= 15 is 0 Å². The summed E-state index contributed by atoms with van der Waals surface area (Å²) in [5.41, 5.74) is 3.46. The van der Waals surface area contributed by atoms with Crippen LogP contribution in [0.1, 0.15) is 18.1 Å². The molecule has 0 unspecified atom stereocenters. The summed E-state index contributed by atoms with van der Waals surface area (Å²) in [7, 11) is 0. The highest BCUT2D eigenvalue weighted by atomic mass is 16.4. The number of nitrogens with one attached hydrogen (secondary N) is 1. The number of aliphatic carboxylic acids is 1. The lowest BCUT2D eigenvalue weighted by Crippen LogP contribution is -2.29. The summed E-state index contributed by atoms with van der Waals surface area (Å²) >= 11 is 0. The number of hydrogen-bond acceptors (Lipinski definition) is 2. The molecule has 0 aliphatic heterocycles. The summed E-state index contributed by atoms with van der Waals surface area (Å²) in [6.07, 6.45) is 8.20. The first kappa shape index (κ1) is 14.2. The third-order valence-electron chi connectivity index (χ3n) is 3.34. The third kappa shape index (κ3) is 3.01. The van der Waals surface area contributed by atoms with Gasteiger partial charge in [-0.1, -0.05) is 31.0 Å². The molecular formula is C16H18N2O2. The van der Waals surface area contributed by atoms with E-state index in [1.54, 1.807) is 4.90 Å². The highest BCUT2D eigenvalue weighted by molar-refractivity contribution is 5.86. The van der Waals surface area contributed by atoms with E-state index in [1.165, 1.54) is 5.56 Å². The molecule has 104 valence electrons. The van der Waals surface area contributed by atoms with E-state index in [0.29, 0.717) is 13.1 Å². The van der Waals surface area contributed by atoms with E-state index in [1.807, 2.05) is 12.3 Å². The van der Waals surface area contributed by atoms with Gasteiger partial charge in [0.1, 0.15) is 0 Å². The van der Waals surface area contributed by atoms with Gasteiger partial charge in [0.15, 0.2) is 0 Å². The summed E-state index contributed by atoms with van der Waals surface area (Å²) in [6, 6.07) is 6.18. The maximum atomic E-state index is 10.9. The topological polar surface area (TPSA) is 56.3 Å². The summed E-state index contributed by atoms with van der Waals surface area (Å²) in [5.74, 6) is 1.64. The number of H-pyrrole nitrogens is 1. The van der Waals surface area contributed by atoms with Gasteiger partial charge in [-0.2, -0.15) is 0 Å². The lowest BCUT2D eigenvalue weighted by molar-refractivity contribution is -0.138. The molecule has 0 amide bonds. The number of carboxylic acid groups (broad SMARTS) is 1. The van der Waals surface area contributed by atoms with E-state index in [-0.39, 0.29) is 6.54 Å². The van der Waals surface area contributed by atoms with Crippen LogP contribution in [0.2, 0.25) is 0 Å². The average molecular weight is 270 g/mol. The number of fused-ring (bicyclic) bond motifs is 1. The van der Waals surface area contributed by atoms with E-state index in [9.17, 15) is 4.79 Å². The Hall–Kier alpha value is -2.25. The first-order valence-electron chi connectivity index (χ1n) is 6.61. The minimum Gasteiger partial charge on any atom is -0.480 e. The molecule has 1 aromatic heterocycles. The van der Waals surface area contributed by atoms with Crippen LogP contribution in [0.3, 0.4) is 0 Å². The van der Waals surface area contributed by atoms with Crippen LogP contribution >= 0.6 is 0 Å². The van der Waals surface area contributed by atoms with Crippen LogP contribution in [0.4, 0.5) is 0 Å². The minimum absolute atomic E-state index is 0.0512. The van der Waals surface area contributed by atoms with Gasteiger partial charge in [-0.15, -0.1) is 6.42 Å². The number of aromatic amines is 1. The second-order valence-corrected chi connectivity index (χ2v) is 4.75. The van der Waals surface area contributed by atoms with Gasteiger partial charge >= 0.3 is 5.97 Å². The molecule has 0 atom stereocenters. The number of rotatable bonds is 6. The van der Waals surface area contributed by atoms with E-state index in [4.69, 9.17) is 11.5 Å². The quantitative estimate of drug-likeness (QED) is 0.792. The van der Waals surface area contributed by atoms with Gasteiger partial charge in [-0.25, -0.2) is 0 Å². The molecule has 2 rings (SSSR count). The number of carboxylic acids is 1. The molecule has 20 heavy (non-hydrogen) atoms. The maximum Gasteiger partial charge on any atom is 0.317 e. The Labute approximate surface area is 118 Å². The fourth-order valence-electron chi connectivity index (χ4n) is 2.43. The van der Waals surface area contributed by atoms with Crippen LogP contribution in [0.25, 0.3) is 10.9 Å². The molecule has 0 saturated heterocycles. The van der Waals surface area contributed by atoms with Crippen LogP contribution in [-0.2, 0) is 17.8 Å². The van der Waals surface area contributed by atoms with Gasteiger partial charge < -0.3 is 10.1 Å². The summed E-state index contributed by atoms with van der Waals surface area (Å²) < 4.78 is 0. The van der Waals surface area contributed by atoms with Crippen molar-refractivity contribution in [1.82, 2.24) is 9.88 Å². The summed E-state index contributed by atoms with van der Waals surface area (Å²) in [4.78, 5) is 15.9. The first-order valence-corrected chi connectivity index (χ1v) is 6.61. The molecule has 0 radical (unpaired) electrons. The molecule has 0 fully saturated rings. The van der Waals surface area contributed by atoms with Crippen molar-refractivity contribution in [3.8, 4) is 12.3 Å². The Balaban J connectivity index is 2.28. The number of benzene rings is 1. The normalized spacial score (nSPS) is 10.8. The number of para-hydroxylation sites is 1. The number of aromatic nitrogens is 1. The highest BCUT2D eigenvalue weighted by Crippen LogP contribution is 2.23. The Morgan fingerprint density at radius 1 is 1.45 bits per heavy atom. The second kappa shape index (κ2) is 6.27. The van der Waals surface area contributed by atoms with Crippen molar-refractivity contribution in [2.45, 2.75) is 19.9 Å². The number of hydrogen-bond donors (Lipinski definition) is 2. The molecule has 1 heterocycles. The van der Waals surface area contributed by atoms with Crippen molar-refractivity contribution >= 4 is 16.9 Å². The number of nitrogens with zero attached hydrogens (tertiary/aromatic N) is 1. The first-order chi connectivity index (χ1) is 9.65. The van der Waals surface area contributed by atoms with Crippen LogP contribution in [0, 0.1) is 12.3 Å². The molecule has 4 heteroatoms. The SMILES string of the molecule is C#CCN(CC(=O)O)Cc1c[nH]c2c(CC)cccc12. The predicted molar refractivity (Wildman–Crippen MR) is 79.4 cm³/mol. The number of terminal acetylenes is 1. The predicted octanol–water partition coefficient (Wildman–Crippen LogP) is 2.25. The van der Waals surface area contributed by atoms with Gasteiger partial charge in [-0.3, -0.25) is 9.69 Å². The minimum atomic E-state index is -0.866. The third-order valence-corrected chi connectivity index (χ3v) is 3.34. The smallest absolute Gasteiger partial charge is 0.317 e. The van der Waals surface area contributed by atoms with Crippen molar-refractivity contribution < 1.29 is 9.90 Å². The molecule has 2 aromatic rings. The Bertz CT molecular complexity index is 652. The van der Waals surface area contributed by atoms with Crippen molar-refractivity contribution in [1.29, 1.82) is 0 Å². The van der Waals surface area contributed by atoms with E-state index in [2.05, 4.69) is 30.0 Å². The highest BCUT2D eigenvalue weighted by Gasteiger charge is 2.13. The van der Waals surface area contributed by atoms with Crippen molar-refractivity contribution in [2.24, 2.45) is 0 Å².